The van der Waals surface area contributed by atoms with E-state index in [1.54, 1.807) is 12.1 Å². The lowest BCUT2D eigenvalue weighted by Crippen LogP contribution is -2.40. The molecule has 1 unspecified atom stereocenters. The van der Waals surface area contributed by atoms with E-state index >= 15 is 0 Å². The van der Waals surface area contributed by atoms with Gasteiger partial charge >= 0.3 is 0 Å². The van der Waals surface area contributed by atoms with Gasteiger partial charge in [-0.15, -0.1) is 12.4 Å². The monoisotopic (exact) mass is 352 g/mol. The van der Waals surface area contributed by atoms with Crippen molar-refractivity contribution in [3.05, 3.63) is 33.3 Å². The van der Waals surface area contributed by atoms with Gasteiger partial charge in [0, 0.05) is 23.6 Å². The Balaban J connectivity index is 0.00000162. The summed E-state index contributed by atoms with van der Waals surface area (Å²) in [5.41, 5.74) is 6.21. The van der Waals surface area contributed by atoms with Crippen LogP contribution in [-0.2, 0) is 0 Å². The van der Waals surface area contributed by atoms with Crippen LogP contribution in [-0.4, -0.2) is 29.9 Å². The fraction of sp³-hybridized carbons (Fsp3) is 0.417. The Labute approximate surface area is 126 Å². The van der Waals surface area contributed by atoms with Crippen molar-refractivity contribution >= 4 is 45.8 Å². The van der Waals surface area contributed by atoms with Crippen molar-refractivity contribution in [3.8, 4) is 0 Å². The Morgan fingerprint density at radius 2 is 2.28 bits per heavy atom. The topological polar surface area (TPSA) is 46.3 Å². The number of amides is 1. The fourth-order valence-electron chi connectivity index (χ4n) is 2.16. The SMILES string of the molecule is Cl.NCC1CCCN1C(=O)c1cc(Br)ccc1Cl. The van der Waals surface area contributed by atoms with Gasteiger partial charge in [0.1, 0.15) is 0 Å². The molecule has 1 aromatic rings. The number of hydrogen-bond donors (Lipinski definition) is 1. The summed E-state index contributed by atoms with van der Waals surface area (Å²) in [7, 11) is 0. The fourth-order valence-corrected chi connectivity index (χ4v) is 2.72. The van der Waals surface area contributed by atoms with Crippen LogP contribution < -0.4 is 5.73 Å². The maximum Gasteiger partial charge on any atom is 0.255 e. The first-order valence-electron chi connectivity index (χ1n) is 5.59. The van der Waals surface area contributed by atoms with Crippen molar-refractivity contribution in [2.24, 2.45) is 5.73 Å². The average Bonchev–Trinajstić information content (AvgIpc) is 2.79. The first kappa shape index (κ1) is 15.8. The number of likely N-dealkylation sites (tertiary alicyclic amines) is 1. The predicted molar refractivity (Wildman–Crippen MR) is 79.5 cm³/mol. The molecule has 0 saturated carbocycles. The molecular weight excluding hydrogens is 339 g/mol. The van der Waals surface area contributed by atoms with Crippen molar-refractivity contribution in [1.29, 1.82) is 0 Å². The molecular formula is C12H15BrCl2N2O. The van der Waals surface area contributed by atoms with E-state index in [4.69, 9.17) is 17.3 Å². The maximum absolute atomic E-state index is 12.4. The summed E-state index contributed by atoms with van der Waals surface area (Å²) in [6.07, 6.45) is 1.99. The summed E-state index contributed by atoms with van der Waals surface area (Å²) < 4.78 is 0.855. The summed E-state index contributed by atoms with van der Waals surface area (Å²) in [6, 6.07) is 5.46. The molecule has 2 rings (SSSR count). The van der Waals surface area contributed by atoms with Crippen LogP contribution in [0.4, 0.5) is 0 Å². The molecule has 6 heteroatoms. The molecule has 1 saturated heterocycles. The van der Waals surface area contributed by atoms with Gasteiger partial charge < -0.3 is 10.6 Å². The van der Waals surface area contributed by atoms with Crippen LogP contribution in [0.5, 0.6) is 0 Å². The summed E-state index contributed by atoms with van der Waals surface area (Å²) in [6.45, 7) is 1.28. The van der Waals surface area contributed by atoms with Crippen molar-refractivity contribution in [1.82, 2.24) is 4.90 Å². The zero-order valence-electron chi connectivity index (χ0n) is 9.73. The van der Waals surface area contributed by atoms with Crippen LogP contribution in [0.3, 0.4) is 0 Å². The lowest BCUT2D eigenvalue weighted by molar-refractivity contribution is 0.0741. The van der Waals surface area contributed by atoms with Gasteiger partial charge in [-0.25, -0.2) is 0 Å². The molecule has 0 aliphatic carbocycles. The minimum Gasteiger partial charge on any atom is -0.334 e. The van der Waals surface area contributed by atoms with Crippen LogP contribution >= 0.6 is 39.9 Å². The van der Waals surface area contributed by atoms with Gasteiger partial charge in [-0.1, -0.05) is 27.5 Å². The molecule has 100 valence electrons. The molecule has 3 nitrogen and oxygen atoms in total. The van der Waals surface area contributed by atoms with Crippen LogP contribution in [0, 0.1) is 0 Å². The second kappa shape index (κ2) is 6.75. The van der Waals surface area contributed by atoms with E-state index in [-0.39, 0.29) is 24.4 Å². The van der Waals surface area contributed by atoms with E-state index in [1.807, 2.05) is 11.0 Å². The zero-order chi connectivity index (χ0) is 12.4. The molecule has 18 heavy (non-hydrogen) atoms. The molecule has 0 bridgehead atoms. The third kappa shape index (κ3) is 3.18. The van der Waals surface area contributed by atoms with Gasteiger partial charge in [0.25, 0.3) is 5.91 Å². The molecule has 0 spiro atoms. The van der Waals surface area contributed by atoms with E-state index in [1.165, 1.54) is 0 Å². The highest BCUT2D eigenvalue weighted by atomic mass is 79.9. The number of hydrogen-bond acceptors (Lipinski definition) is 2. The minimum absolute atomic E-state index is 0. The molecule has 1 amide bonds. The molecule has 0 radical (unpaired) electrons. The van der Waals surface area contributed by atoms with Gasteiger partial charge in [-0.2, -0.15) is 0 Å². The molecule has 1 aliphatic heterocycles. The van der Waals surface area contributed by atoms with Crippen LogP contribution in [0.25, 0.3) is 0 Å². The predicted octanol–water partition coefficient (Wildman–Crippen LogP) is 3.09. The number of nitrogens with zero attached hydrogens (tertiary/aromatic N) is 1. The highest BCUT2D eigenvalue weighted by Crippen LogP contribution is 2.25. The second-order valence-electron chi connectivity index (χ2n) is 4.15. The van der Waals surface area contributed by atoms with E-state index in [9.17, 15) is 4.79 Å². The highest BCUT2D eigenvalue weighted by Gasteiger charge is 2.29. The van der Waals surface area contributed by atoms with Gasteiger partial charge in [0.2, 0.25) is 0 Å². The number of nitrogens with two attached hydrogens (primary N) is 1. The maximum atomic E-state index is 12.4. The Kier molecular flexibility index (Phi) is 5.92. The molecule has 1 atom stereocenters. The Hall–Kier alpha value is -0.290. The normalized spacial score (nSPS) is 18.6. The first-order chi connectivity index (χ1) is 8.13. The van der Waals surface area contributed by atoms with Crippen molar-refractivity contribution in [2.45, 2.75) is 18.9 Å². The Morgan fingerprint density at radius 1 is 1.56 bits per heavy atom. The molecule has 0 aromatic heterocycles. The summed E-state index contributed by atoms with van der Waals surface area (Å²) in [5.74, 6) is -0.0238. The first-order valence-corrected chi connectivity index (χ1v) is 6.76. The molecule has 1 aliphatic rings. The molecule has 1 fully saturated rings. The quantitative estimate of drug-likeness (QED) is 0.887. The van der Waals surface area contributed by atoms with Crippen molar-refractivity contribution in [3.63, 3.8) is 0 Å². The number of benzene rings is 1. The summed E-state index contributed by atoms with van der Waals surface area (Å²) >= 11 is 9.41. The third-order valence-electron chi connectivity index (χ3n) is 3.07. The van der Waals surface area contributed by atoms with Crippen LogP contribution in [0.1, 0.15) is 23.2 Å². The van der Waals surface area contributed by atoms with Crippen LogP contribution in [0.15, 0.2) is 22.7 Å². The lowest BCUT2D eigenvalue weighted by Gasteiger charge is -2.24. The minimum atomic E-state index is -0.0238. The molecule has 1 aromatic carbocycles. The van der Waals surface area contributed by atoms with Crippen LogP contribution in [0.2, 0.25) is 5.02 Å². The highest BCUT2D eigenvalue weighted by molar-refractivity contribution is 9.10. The molecule has 1 heterocycles. The van der Waals surface area contributed by atoms with E-state index in [2.05, 4.69) is 15.9 Å². The van der Waals surface area contributed by atoms with E-state index in [0.29, 0.717) is 17.1 Å². The second-order valence-corrected chi connectivity index (χ2v) is 5.48. The number of carbonyl (C=O) groups excluding carboxylic acids is 1. The van der Waals surface area contributed by atoms with Gasteiger partial charge in [-0.3, -0.25) is 4.79 Å². The van der Waals surface area contributed by atoms with E-state index in [0.717, 1.165) is 23.9 Å². The number of rotatable bonds is 2. The zero-order valence-corrected chi connectivity index (χ0v) is 12.9. The Morgan fingerprint density at radius 3 is 2.94 bits per heavy atom. The number of halogens is 3. The van der Waals surface area contributed by atoms with Gasteiger partial charge in [0.15, 0.2) is 0 Å². The average molecular weight is 354 g/mol. The lowest BCUT2D eigenvalue weighted by atomic mass is 10.1. The summed E-state index contributed by atoms with van der Waals surface area (Å²) in [5, 5.41) is 0.487. The summed E-state index contributed by atoms with van der Waals surface area (Å²) in [4.78, 5) is 14.2. The number of carbonyl (C=O) groups is 1. The smallest absolute Gasteiger partial charge is 0.255 e. The van der Waals surface area contributed by atoms with Gasteiger partial charge in [-0.05, 0) is 31.0 Å². The van der Waals surface area contributed by atoms with Crippen molar-refractivity contribution in [2.75, 3.05) is 13.1 Å². The van der Waals surface area contributed by atoms with Gasteiger partial charge in [0.05, 0.1) is 10.6 Å². The van der Waals surface area contributed by atoms with E-state index < -0.39 is 0 Å². The molecule has 2 N–H and O–H groups in total. The Bertz CT molecular complexity index is 442. The third-order valence-corrected chi connectivity index (χ3v) is 3.89. The van der Waals surface area contributed by atoms with Crippen molar-refractivity contribution < 1.29 is 4.79 Å². The largest absolute Gasteiger partial charge is 0.334 e. The standard InChI is InChI=1S/C12H14BrClN2O.ClH/c13-8-3-4-11(14)10(6-8)12(17)16-5-1-2-9(16)7-15;/h3-4,6,9H,1-2,5,7,15H2;1H.